The van der Waals surface area contributed by atoms with Gasteiger partial charge in [-0.25, -0.2) is 0 Å². The second kappa shape index (κ2) is 5.80. The molecule has 0 radical (unpaired) electrons. The van der Waals surface area contributed by atoms with Crippen LogP contribution in [0.15, 0.2) is 48.5 Å². The van der Waals surface area contributed by atoms with Gasteiger partial charge in [-0.15, -0.1) is 0 Å². The van der Waals surface area contributed by atoms with Crippen LogP contribution in [0.1, 0.15) is 28.4 Å². The summed E-state index contributed by atoms with van der Waals surface area (Å²) in [4.78, 5) is 15.7. The van der Waals surface area contributed by atoms with Gasteiger partial charge in [0, 0.05) is 23.0 Å². The number of fused-ring (bicyclic) bond motifs is 3. The van der Waals surface area contributed by atoms with E-state index in [0.717, 1.165) is 16.8 Å². The number of H-pyrrole nitrogens is 1. The highest BCUT2D eigenvalue weighted by Gasteiger charge is 2.34. The summed E-state index contributed by atoms with van der Waals surface area (Å²) in [6, 6.07) is 16.3. The Balaban J connectivity index is 1.86. The van der Waals surface area contributed by atoms with E-state index in [-0.39, 0.29) is 18.1 Å². The normalized spacial score (nSPS) is 19.9. The third kappa shape index (κ3) is 2.39. The lowest BCUT2D eigenvalue weighted by Gasteiger charge is -2.30. The fraction of sp³-hybridized carbons (Fsp3) is 0.250. The first-order valence-corrected chi connectivity index (χ1v) is 8.17. The SMILES string of the molecule is COC(=O)C1Cc2c([nH]c3ccccc23)C(c2ccc(C)cc2)N1. The van der Waals surface area contributed by atoms with Gasteiger partial charge in [0.2, 0.25) is 0 Å². The lowest BCUT2D eigenvalue weighted by molar-refractivity contribution is -0.143. The largest absolute Gasteiger partial charge is 0.468 e. The number of carbonyl (C=O) groups excluding carboxylic acids is 1. The molecule has 1 aliphatic heterocycles. The standard InChI is InChI=1S/C20H20N2O2/c1-12-7-9-13(10-8-12)18-19-15(11-17(22-18)20(23)24-2)14-5-3-4-6-16(14)21-19/h3-10,17-18,21-22H,11H2,1-2H3. The van der Waals surface area contributed by atoms with Crippen LogP contribution in [-0.2, 0) is 16.0 Å². The summed E-state index contributed by atoms with van der Waals surface area (Å²) in [6.45, 7) is 2.07. The molecule has 0 saturated carbocycles. The molecule has 122 valence electrons. The molecule has 0 saturated heterocycles. The molecule has 2 aromatic carbocycles. The number of para-hydroxylation sites is 1. The molecule has 0 bridgehead atoms. The Bertz CT molecular complexity index is 896. The Hall–Kier alpha value is -2.59. The average molecular weight is 320 g/mol. The monoisotopic (exact) mass is 320 g/mol. The minimum atomic E-state index is -0.340. The number of aromatic nitrogens is 1. The van der Waals surface area contributed by atoms with Gasteiger partial charge in [0.1, 0.15) is 6.04 Å². The highest BCUT2D eigenvalue weighted by Crippen LogP contribution is 2.35. The summed E-state index contributed by atoms with van der Waals surface area (Å²) in [5.41, 5.74) is 5.80. The number of aromatic amines is 1. The van der Waals surface area contributed by atoms with E-state index in [1.54, 1.807) is 0 Å². The number of methoxy groups -OCH3 is 1. The van der Waals surface area contributed by atoms with E-state index < -0.39 is 0 Å². The van der Waals surface area contributed by atoms with E-state index in [1.165, 1.54) is 23.6 Å². The van der Waals surface area contributed by atoms with E-state index in [9.17, 15) is 4.79 Å². The number of ether oxygens (including phenoxy) is 1. The number of aryl methyl sites for hydroxylation is 1. The lowest BCUT2D eigenvalue weighted by atomic mass is 9.90. The van der Waals surface area contributed by atoms with E-state index in [4.69, 9.17) is 4.74 Å². The minimum absolute atomic E-state index is 0.0501. The van der Waals surface area contributed by atoms with Crippen LogP contribution < -0.4 is 5.32 Å². The van der Waals surface area contributed by atoms with Gasteiger partial charge in [0.25, 0.3) is 0 Å². The van der Waals surface area contributed by atoms with Crippen molar-refractivity contribution < 1.29 is 9.53 Å². The molecule has 4 rings (SSSR count). The van der Waals surface area contributed by atoms with Crippen molar-refractivity contribution in [3.8, 4) is 0 Å². The van der Waals surface area contributed by atoms with Gasteiger partial charge >= 0.3 is 5.97 Å². The van der Waals surface area contributed by atoms with Crippen LogP contribution >= 0.6 is 0 Å². The molecule has 4 heteroatoms. The molecule has 24 heavy (non-hydrogen) atoms. The summed E-state index contributed by atoms with van der Waals surface area (Å²) >= 11 is 0. The zero-order valence-electron chi connectivity index (χ0n) is 13.8. The molecular weight excluding hydrogens is 300 g/mol. The average Bonchev–Trinajstić information content (AvgIpc) is 2.99. The summed E-state index contributed by atoms with van der Waals surface area (Å²) in [5.74, 6) is -0.219. The molecule has 3 aromatic rings. The van der Waals surface area contributed by atoms with Crippen LogP contribution in [0, 0.1) is 6.92 Å². The zero-order chi connectivity index (χ0) is 16.7. The van der Waals surface area contributed by atoms with Crippen molar-refractivity contribution in [3.63, 3.8) is 0 Å². The molecule has 2 heterocycles. The minimum Gasteiger partial charge on any atom is -0.468 e. The van der Waals surface area contributed by atoms with Gasteiger partial charge in [-0.2, -0.15) is 0 Å². The molecule has 0 spiro atoms. The van der Waals surface area contributed by atoms with Crippen molar-refractivity contribution in [3.05, 3.63) is 70.9 Å². The highest BCUT2D eigenvalue weighted by atomic mass is 16.5. The van der Waals surface area contributed by atoms with Gasteiger partial charge < -0.3 is 9.72 Å². The first-order chi connectivity index (χ1) is 11.7. The molecule has 0 fully saturated rings. The van der Waals surface area contributed by atoms with Gasteiger partial charge in [-0.05, 0) is 24.1 Å². The van der Waals surface area contributed by atoms with E-state index in [2.05, 4.69) is 53.6 Å². The van der Waals surface area contributed by atoms with Crippen LogP contribution in [0.5, 0.6) is 0 Å². The van der Waals surface area contributed by atoms with E-state index in [1.807, 2.05) is 12.1 Å². The Morgan fingerprint density at radius 3 is 2.62 bits per heavy atom. The van der Waals surface area contributed by atoms with Crippen molar-refractivity contribution in [2.45, 2.75) is 25.4 Å². The number of hydrogen-bond acceptors (Lipinski definition) is 3. The molecule has 2 unspecified atom stereocenters. The summed E-state index contributed by atoms with van der Waals surface area (Å²) in [5, 5.41) is 4.63. The number of nitrogens with one attached hydrogen (secondary N) is 2. The molecule has 2 atom stereocenters. The molecule has 1 aromatic heterocycles. The fourth-order valence-corrected chi connectivity index (χ4v) is 3.55. The summed E-state index contributed by atoms with van der Waals surface area (Å²) < 4.78 is 4.99. The molecule has 0 amide bonds. The van der Waals surface area contributed by atoms with Crippen molar-refractivity contribution in [1.29, 1.82) is 0 Å². The van der Waals surface area contributed by atoms with Gasteiger partial charge in [-0.1, -0.05) is 48.0 Å². The maximum Gasteiger partial charge on any atom is 0.323 e. The summed E-state index contributed by atoms with van der Waals surface area (Å²) in [6.07, 6.45) is 0.633. The topological polar surface area (TPSA) is 54.1 Å². The second-order valence-electron chi connectivity index (χ2n) is 6.35. The Kier molecular flexibility index (Phi) is 3.62. The molecule has 2 N–H and O–H groups in total. The van der Waals surface area contributed by atoms with Gasteiger partial charge in [0.15, 0.2) is 0 Å². The highest BCUT2D eigenvalue weighted by molar-refractivity contribution is 5.87. The summed E-state index contributed by atoms with van der Waals surface area (Å²) in [7, 11) is 1.44. The lowest BCUT2D eigenvalue weighted by Crippen LogP contribution is -2.45. The molecule has 1 aliphatic rings. The number of rotatable bonds is 2. The maximum absolute atomic E-state index is 12.2. The maximum atomic E-state index is 12.2. The van der Waals surface area contributed by atoms with Gasteiger partial charge in [0.05, 0.1) is 13.2 Å². The van der Waals surface area contributed by atoms with Crippen LogP contribution in [0.3, 0.4) is 0 Å². The van der Waals surface area contributed by atoms with Crippen molar-refractivity contribution in [2.24, 2.45) is 0 Å². The second-order valence-corrected chi connectivity index (χ2v) is 6.35. The number of benzene rings is 2. The predicted octanol–water partition coefficient (Wildman–Crippen LogP) is 3.25. The molecule has 0 aliphatic carbocycles. The third-order valence-electron chi connectivity index (χ3n) is 4.81. The van der Waals surface area contributed by atoms with Crippen molar-refractivity contribution in [2.75, 3.05) is 7.11 Å². The van der Waals surface area contributed by atoms with Crippen LogP contribution in [0.25, 0.3) is 10.9 Å². The quantitative estimate of drug-likeness (QED) is 0.713. The Morgan fingerprint density at radius 2 is 1.88 bits per heavy atom. The number of esters is 1. The molecular formula is C20H20N2O2. The first-order valence-electron chi connectivity index (χ1n) is 8.17. The number of hydrogen-bond donors (Lipinski definition) is 2. The van der Waals surface area contributed by atoms with Crippen LogP contribution in [0.4, 0.5) is 0 Å². The Labute approximate surface area is 140 Å². The van der Waals surface area contributed by atoms with Gasteiger partial charge in [-0.3, -0.25) is 10.1 Å². The van der Waals surface area contributed by atoms with Crippen molar-refractivity contribution >= 4 is 16.9 Å². The van der Waals surface area contributed by atoms with E-state index in [0.29, 0.717) is 6.42 Å². The fourth-order valence-electron chi connectivity index (χ4n) is 3.55. The van der Waals surface area contributed by atoms with Crippen LogP contribution in [-0.4, -0.2) is 24.1 Å². The van der Waals surface area contributed by atoms with Crippen LogP contribution in [0.2, 0.25) is 0 Å². The zero-order valence-corrected chi connectivity index (χ0v) is 13.8. The first kappa shape index (κ1) is 15.0. The number of carbonyl (C=O) groups is 1. The van der Waals surface area contributed by atoms with Crippen molar-refractivity contribution in [1.82, 2.24) is 10.3 Å². The predicted molar refractivity (Wildman–Crippen MR) is 94.0 cm³/mol. The smallest absolute Gasteiger partial charge is 0.323 e. The third-order valence-corrected chi connectivity index (χ3v) is 4.81. The van der Waals surface area contributed by atoms with E-state index >= 15 is 0 Å². The molecule has 4 nitrogen and oxygen atoms in total. The Morgan fingerprint density at radius 1 is 1.12 bits per heavy atom.